The van der Waals surface area contributed by atoms with Crippen LogP contribution in [0.2, 0.25) is 0 Å². The standard InChI is InChI=1S/C21H16FN3O2/c1-2-3-15-12-24-20(25-13-15)16-5-7-17(8-6-16)21(26)27-19-9-4-14(11-23)10-18(19)22/h4-10,12-13H,2-3H2,1H3. The van der Waals surface area contributed by atoms with Crippen molar-refractivity contribution in [2.24, 2.45) is 0 Å². The molecule has 0 unspecified atom stereocenters. The second kappa shape index (κ2) is 8.19. The molecule has 0 spiro atoms. The quantitative estimate of drug-likeness (QED) is 0.499. The van der Waals surface area contributed by atoms with Gasteiger partial charge in [0, 0.05) is 18.0 Å². The predicted molar refractivity (Wildman–Crippen MR) is 97.5 cm³/mol. The van der Waals surface area contributed by atoms with E-state index in [9.17, 15) is 9.18 Å². The summed E-state index contributed by atoms with van der Waals surface area (Å²) in [5.41, 5.74) is 2.26. The molecule has 3 rings (SSSR count). The van der Waals surface area contributed by atoms with E-state index in [2.05, 4.69) is 16.9 Å². The number of hydrogen-bond donors (Lipinski definition) is 0. The van der Waals surface area contributed by atoms with Crippen molar-refractivity contribution >= 4 is 5.97 Å². The smallest absolute Gasteiger partial charge is 0.343 e. The van der Waals surface area contributed by atoms with Crippen LogP contribution in [-0.2, 0) is 6.42 Å². The largest absolute Gasteiger partial charge is 0.420 e. The Hall–Kier alpha value is -3.59. The van der Waals surface area contributed by atoms with Gasteiger partial charge in [0.2, 0.25) is 0 Å². The minimum absolute atomic E-state index is 0.154. The number of rotatable bonds is 5. The van der Waals surface area contributed by atoms with Crippen LogP contribution in [0.25, 0.3) is 11.4 Å². The van der Waals surface area contributed by atoms with Gasteiger partial charge in [-0.15, -0.1) is 0 Å². The molecule has 0 radical (unpaired) electrons. The molecular formula is C21H16FN3O2. The Morgan fingerprint density at radius 1 is 1.15 bits per heavy atom. The molecule has 134 valence electrons. The summed E-state index contributed by atoms with van der Waals surface area (Å²) in [7, 11) is 0. The van der Waals surface area contributed by atoms with Crippen molar-refractivity contribution in [3.8, 4) is 23.2 Å². The van der Waals surface area contributed by atoms with Crippen LogP contribution in [0.4, 0.5) is 4.39 Å². The summed E-state index contributed by atoms with van der Waals surface area (Å²) >= 11 is 0. The molecule has 0 saturated heterocycles. The lowest BCUT2D eigenvalue weighted by atomic mass is 10.1. The van der Waals surface area contributed by atoms with E-state index in [4.69, 9.17) is 10.00 Å². The van der Waals surface area contributed by atoms with E-state index in [1.54, 1.807) is 36.7 Å². The van der Waals surface area contributed by atoms with Crippen molar-refractivity contribution < 1.29 is 13.9 Å². The van der Waals surface area contributed by atoms with Gasteiger partial charge in [-0.05, 0) is 42.3 Å². The minimum Gasteiger partial charge on any atom is -0.420 e. The van der Waals surface area contributed by atoms with Crippen LogP contribution < -0.4 is 4.74 Å². The summed E-state index contributed by atoms with van der Waals surface area (Å²) in [5, 5.41) is 8.74. The molecule has 0 atom stereocenters. The molecule has 0 N–H and O–H groups in total. The zero-order valence-electron chi connectivity index (χ0n) is 14.6. The molecule has 2 aromatic carbocycles. The second-order valence-electron chi connectivity index (χ2n) is 5.89. The molecule has 0 aliphatic heterocycles. The highest BCUT2D eigenvalue weighted by Crippen LogP contribution is 2.21. The Morgan fingerprint density at radius 2 is 1.85 bits per heavy atom. The fraction of sp³-hybridized carbons (Fsp3) is 0.143. The van der Waals surface area contributed by atoms with Gasteiger partial charge in [-0.25, -0.2) is 19.2 Å². The average Bonchev–Trinajstić information content (AvgIpc) is 2.70. The third kappa shape index (κ3) is 4.33. The van der Waals surface area contributed by atoms with E-state index in [-0.39, 0.29) is 16.9 Å². The fourth-order valence-electron chi connectivity index (χ4n) is 2.49. The van der Waals surface area contributed by atoms with E-state index < -0.39 is 11.8 Å². The lowest BCUT2D eigenvalue weighted by molar-refractivity contribution is 0.0728. The van der Waals surface area contributed by atoms with Gasteiger partial charge in [-0.3, -0.25) is 0 Å². The Kier molecular flexibility index (Phi) is 5.53. The molecule has 0 saturated carbocycles. The fourth-order valence-corrected chi connectivity index (χ4v) is 2.49. The van der Waals surface area contributed by atoms with Gasteiger partial charge < -0.3 is 4.74 Å². The molecule has 0 fully saturated rings. The Balaban J connectivity index is 1.73. The van der Waals surface area contributed by atoms with E-state index in [0.717, 1.165) is 30.0 Å². The SMILES string of the molecule is CCCc1cnc(-c2ccc(C(=O)Oc3ccc(C#N)cc3F)cc2)nc1. The lowest BCUT2D eigenvalue weighted by Crippen LogP contribution is -2.09. The first kappa shape index (κ1) is 18.2. The first-order valence-electron chi connectivity index (χ1n) is 8.44. The van der Waals surface area contributed by atoms with Crippen molar-refractivity contribution in [1.29, 1.82) is 5.26 Å². The molecule has 1 heterocycles. The molecule has 0 amide bonds. The first-order valence-corrected chi connectivity index (χ1v) is 8.44. The molecular weight excluding hydrogens is 345 g/mol. The van der Waals surface area contributed by atoms with Crippen molar-refractivity contribution in [2.45, 2.75) is 19.8 Å². The number of ether oxygens (including phenoxy) is 1. The zero-order chi connectivity index (χ0) is 19.2. The summed E-state index contributed by atoms with van der Waals surface area (Å²) in [5.74, 6) is -1.12. The second-order valence-corrected chi connectivity index (χ2v) is 5.89. The van der Waals surface area contributed by atoms with Crippen LogP contribution in [-0.4, -0.2) is 15.9 Å². The number of hydrogen-bond acceptors (Lipinski definition) is 5. The molecule has 3 aromatic rings. The molecule has 0 aliphatic rings. The first-order chi connectivity index (χ1) is 13.1. The topological polar surface area (TPSA) is 75.9 Å². The van der Waals surface area contributed by atoms with Gasteiger partial charge in [-0.1, -0.05) is 25.5 Å². The molecule has 0 bridgehead atoms. The summed E-state index contributed by atoms with van der Waals surface area (Å²) in [6.07, 6.45) is 5.54. The van der Waals surface area contributed by atoms with E-state index in [1.165, 1.54) is 12.1 Å². The maximum absolute atomic E-state index is 13.8. The Bertz CT molecular complexity index is 993. The lowest BCUT2D eigenvalue weighted by Gasteiger charge is -2.06. The van der Waals surface area contributed by atoms with Crippen molar-refractivity contribution in [1.82, 2.24) is 9.97 Å². The van der Waals surface area contributed by atoms with E-state index >= 15 is 0 Å². The summed E-state index contributed by atoms with van der Waals surface area (Å²) in [4.78, 5) is 20.9. The number of nitriles is 1. The van der Waals surface area contributed by atoms with Gasteiger partial charge in [0.1, 0.15) is 0 Å². The maximum atomic E-state index is 13.8. The van der Waals surface area contributed by atoms with Crippen LogP contribution in [0, 0.1) is 17.1 Å². The molecule has 1 aromatic heterocycles. The summed E-state index contributed by atoms with van der Waals surface area (Å²) in [6, 6.07) is 12.0. The number of halogens is 1. The number of aryl methyl sites for hydroxylation is 1. The van der Waals surface area contributed by atoms with E-state index in [1.807, 2.05) is 6.07 Å². The van der Waals surface area contributed by atoms with Crippen molar-refractivity contribution in [3.63, 3.8) is 0 Å². The Labute approximate surface area is 156 Å². The van der Waals surface area contributed by atoms with E-state index in [0.29, 0.717) is 5.82 Å². The third-order valence-corrected chi connectivity index (χ3v) is 3.89. The number of aromatic nitrogens is 2. The number of nitrogens with zero attached hydrogens (tertiary/aromatic N) is 3. The van der Waals surface area contributed by atoms with Gasteiger partial charge in [0.25, 0.3) is 0 Å². The van der Waals surface area contributed by atoms with Crippen LogP contribution in [0.1, 0.15) is 34.8 Å². The third-order valence-electron chi connectivity index (χ3n) is 3.89. The normalized spacial score (nSPS) is 10.3. The minimum atomic E-state index is -0.764. The highest BCUT2D eigenvalue weighted by atomic mass is 19.1. The number of benzene rings is 2. The Morgan fingerprint density at radius 3 is 2.44 bits per heavy atom. The number of carbonyl (C=O) groups excluding carboxylic acids is 1. The molecule has 6 heteroatoms. The monoisotopic (exact) mass is 361 g/mol. The van der Waals surface area contributed by atoms with Gasteiger partial charge in [0.15, 0.2) is 17.4 Å². The van der Waals surface area contributed by atoms with Gasteiger partial charge >= 0.3 is 5.97 Å². The number of esters is 1. The van der Waals surface area contributed by atoms with Crippen LogP contribution in [0.5, 0.6) is 5.75 Å². The van der Waals surface area contributed by atoms with Crippen molar-refractivity contribution in [3.05, 3.63) is 77.4 Å². The van der Waals surface area contributed by atoms with Crippen molar-refractivity contribution in [2.75, 3.05) is 0 Å². The molecule has 0 aliphatic carbocycles. The van der Waals surface area contributed by atoms with Crippen LogP contribution in [0.3, 0.4) is 0 Å². The zero-order valence-corrected chi connectivity index (χ0v) is 14.6. The summed E-state index contributed by atoms with van der Waals surface area (Å²) in [6.45, 7) is 2.09. The highest BCUT2D eigenvalue weighted by Gasteiger charge is 2.13. The van der Waals surface area contributed by atoms with Crippen LogP contribution >= 0.6 is 0 Å². The maximum Gasteiger partial charge on any atom is 0.343 e. The predicted octanol–water partition coefficient (Wildman–Crippen LogP) is 4.33. The highest BCUT2D eigenvalue weighted by molar-refractivity contribution is 5.91. The molecule has 5 nitrogen and oxygen atoms in total. The average molecular weight is 361 g/mol. The van der Waals surface area contributed by atoms with Gasteiger partial charge in [-0.2, -0.15) is 5.26 Å². The number of carbonyl (C=O) groups is 1. The summed E-state index contributed by atoms with van der Waals surface area (Å²) < 4.78 is 18.9. The van der Waals surface area contributed by atoms with Crippen LogP contribution in [0.15, 0.2) is 54.9 Å². The molecule has 27 heavy (non-hydrogen) atoms. The van der Waals surface area contributed by atoms with Gasteiger partial charge in [0.05, 0.1) is 17.2 Å².